The van der Waals surface area contributed by atoms with Crippen molar-refractivity contribution in [2.45, 2.75) is 45.6 Å². The van der Waals surface area contributed by atoms with E-state index in [2.05, 4.69) is 24.5 Å². The van der Waals surface area contributed by atoms with Gasteiger partial charge in [0.2, 0.25) is 5.91 Å². The Morgan fingerprint density at radius 3 is 2.59 bits per heavy atom. The van der Waals surface area contributed by atoms with Crippen molar-refractivity contribution in [3.05, 3.63) is 0 Å². The van der Waals surface area contributed by atoms with Crippen LogP contribution in [0.5, 0.6) is 0 Å². The summed E-state index contributed by atoms with van der Waals surface area (Å²) in [7, 11) is 0. The van der Waals surface area contributed by atoms with Crippen LogP contribution in [-0.2, 0) is 9.53 Å². The summed E-state index contributed by atoms with van der Waals surface area (Å²) in [6.45, 7) is 7.26. The summed E-state index contributed by atoms with van der Waals surface area (Å²) in [5.41, 5.74) is 0. The molecule has 1 aliphatic heterocycles. The second-order valence-corrected chi connectivity index (χ2v) is 4.79. The molecular weight excluding hydrogens is 216 g/mol. The molecule has 4 heteroatoms. The van der Waals surface area contributed by atoms with Gasteiger partial charge in [-0.1, -0.05) is 13.8 Å². The molecule has 100 valence electrons. The maximum absolute atomic E-state index is 11.6. The molecule has 0 aromatic carbocycles. The largest absolute Gasteiger partial charge is 0.371 e. The molecule has 1 fully saturated rings. The van der Waals surface area contributed by atoms with Crippen molar-refractivity contribution in [2.75, 3.05) is 26.3 Å². The first-order valence-corrected chi connectivity index (χ1v) is 6.84. The number of ether oxygens (including phenoxy) is 1. The second-order valence-electron chi connectivity index (χ2n) is 4.79. The lowest BCUT2D eigenvalue weighted by atomic mass is 9.99. The molecule has 0 radical (unpaired) electrons. The highest BCUT2D eigenvalue weighted by Crippen LogP contribution is 2.11. The van der Waals surface area contributed by atoms with Crippen LogP contribution in [0.2, 0.25) is 0 Å². The third-order valence-corrected chi connectivity index (χ3v) is 3.40. The Kier molecular flexibility index (Phi) is 7.21. The van der Waals surface area contributed by atoms with Crippen LogP contribution in [0, 0.1) is 5.92 Å². The molecule has 1 aliphatic rings. The van der Waals surface area contributed by atoms with E-state index < -0.39 is 0 Å². The van der Waals surface area contributed by atoms with Gasteiger partial charge in [0.1, 0.15) is 6.61 Å². The van der Waals surface area contributed by atoms with Crippen molar-refractivity contribution in [3.8, 4) is 0 Å². The first-order valence-electron chi connectivity index (χ1n) is 6.84. The SMILES string of the molecule is CCC(CC)NC(=O)COCC1CCNCC1. The summed E-state index contributed by atoms with van der Waals surface area (Å²) >= 11 is 0. The first-order chi connectivity index (χ1) is 8.26. The minimum absolute atomic E-state index is 0.0210. The standard InChI is InChI=1S/C13H26N2O2/c1-3-12(4-2)15-13(16)10-17-9-11-5-7-14-8-6-11/h11-12,14H,3-10H2,1-2H3,(H,15,16). The Balaban J connectivity index is 2.06. The van der Waals surface area contributed by atoms with E-state index in [4.69, 9.17) is 4.74 Å². The van der Waals surface area contributed by atoms with Crippen LogP contribution < -0.4 is 10.6 Å². The Morgan fingerprint density at radius 2 is 2.00 bits per heavy atom. The van der Waals surface area contributed by atoms with E-state index in [0.29, 0.717) is 12.0 Å². The fourth-order valence-electron chi connectivity index (χ4n) is 2.13. The molecule has 0 aliphatic carbocycles. The molecule has 0 saturated carbocycles. The Labute approximate surface area is 104 Å². The predicted octanol–water partition coefficient (Wildman–Crippen LogP) is 1.31. The zero-order chi connectivity index (χ0) is 12.5. The van der Waals surface area contributed by atoms with Gasteiger partial charge >= 0.3 is 0 Å². The van der Waals surface area contributed by atoms with Crippen molar-refractivity contribution in [3.63, 3.8) is 0 Å². The highest BCUT2D eigenvalue weighted by molar-refractivity contribution is 5.77. The zero-order valence-corrected chi connectivity index (χ0v) is 11.1. The number of carbonyl (C=O) groups is 1. The van der Waals surface area contributed by atoms with E-state index in [1.807, 2.05) is 0 Å². The lowest BCUT2D eigenvalue weighted by Gasteiger charge is -2.22. The van der Waals surface area contributed by atoms with Gasteiger partial charge in [0.05, 0.1) is 6.61 Å². The summed E-state index contributed by atoms with van der Waals surface area (Å²) in [6.07, 6.45) is 4.29. The summed E-state index contributed by atoms with van der Waals surface area (Å²) in [4.78, 5) is 11.6. The van der Waals surface area contributed by atoms with Gasteiger partial charge in [0, 0.05) is 6.04 Å². The molecule has 1 rings (SSSR count). The van der Waals surface area contributed by atoms with Crippen molar-refractivity contribution >= 4 is 5.91 Å². The summed E-state index contributed by atoms with van der Waals surface area (Å²) in [5.74, 6) is 0.643. The number of nitrogens with one attached hydrogen (secondary N) is 2. The lowest BCUT2D eigenvalue weighted by Crippen LogP contribution is -2.37. The van der Waals surface area contributed by atoms with Crippen LogP contribution in [0.15, 0.2) is 0 Å². The molecule has 1 saturated heterocycles. The Bertz CT molecular complexity index is 211. The highest BCUT2D eigenvalue weighted by Gasteiger charge is 2.14. The average Bonchev–Trinajstić information content (AvgIpc) is 2.37. The number of piperidine rings is 1. The third kappa shape index (κ3) is 6.03. The molecule has 0 unspecified atom stereocenters. The van der Waals surface area contributed by atoms with Gasteiger partial charge in [-0.15, -0.1) is 0 Å². The Hall–Kier alpha value is -0.610. The van der Waals surface area contributed by atoms with Crippen molar-refractivity contribution in [1.29, 1.82) is 0 Å². The summed E-state index contributed by atoms with van der Waals surface area (Å²) in [5, 5.41) is 6.30. The third-order valence-electron chi connectivity index (χ3n) is 3.40. The van der Waals surface area contributed by atoms with Crippen molar-refractivity contribution in [1.82, 2.24) is 10.6 Å². The minimum atomic E-state index is 0.0210. The zero-order valence-electron chi connectivity index (χ0n) is 11.1. The molecule has 0 atom stereocenters. The molecule has 0 bridgehead atoms. The van der Waals surface area contributed by atoms with Gasteiger partial charge in [0.25, 0.3) is 0 Å². The molecule has 1 heterocycles. The molecule has 17 heavy (non-hydrogen) atoms. The number of amides is 1. The second kappa shape index (κ2) is 8.48. The molecule has 2 N–H and O–H groups in total. The molecule has 0 aromatic rings. The van der Waals surface area contributed by atoms with Crippen LogP contribution in [0.25, 0.3) is 0 Å². The maximum atomic E-state index is 11.6. The smallest absolute Gasteiger partial charge is 0.246 e. The van der Waals surface area contributed by atoms with Gasteiger partial charge in [-0.2, -0.15) is 0 Å². The molecule has 1 amide bonds. The van der Waals surface area contributed by atoms with E-state index in [9.17, 15) is 4.79 Å². The fourth-order valence-corrected chi connectivity index (χ4v) is 2.13. The normalized spacial score (nSPS) is 17.4. The summed E-state index contributed by atoms with van der Waals surface area (Å²) < 4.78 is 5.48. The van der Waals surface area contributed by atoms with Crippen LogP contribution >= 0.6 is 0 Å². The van der Waals surface area contributed by atoms with E-state index in [1.54, 1.807) is 0 Å². The van der Waals surface area contributed by atoms with Gasteiger partial charge in [0.15, 0.2) is 0 Å². The molecule has 0 spiro atoms. The van der Waals surface area contributed by atoms with E-state index in [0.717, 1.165) is 45.4 Å². The van der Waals surface area contributed by atoms with Crippen LogP contribution in [0.3, 0.4) is 0 Å². The van der Waals surface area contributed by atoms with Crippen molar-refractivity contribution < 1.29 is 9.53 Å². The topological polar surface area (TPSA) is 50.4 Å². The number of hydrogen-bond donors (Lipinski definition) is 2. The van der Waals surface area contributed by atoms with Gasteiger partial charge in [-0.25, -0.2) is 0 Å². The average molecular weight is 242 g/mol. The molecule has 0 aromatic heterocycles. The van der Waals surface area contributed by atoms with E-state index in [-0.39, 0.29) is 12.5 Å². The van der Waals surface area contributed by atoms with E-state index >= 15 is 0 Å². The number of carbonyl (C=O) groups excluding carboxylic acids is 1. The quantitative estimate of drug-likeness (QED) is 0.707. The number of rotatable bonds is 7. The lowest BCUT2D eigenvalue weighted by molar-refractivity contribution is -0.127. The minimum Gasteiger partial charge on any atom is -0.371 e. The van der Waals surface area contributed by atoms with Crippen LogP contribution in [0.4, 0.5) is 0 Å². The van der Waals surface area contributed by atoms with Gasteiger partial charge < -0.3 is 15.4 Å². The monoisotopic (exact) mass is 242 g/mol. The first kappa shape index (κ1) is 14.5. The van der Waals surface area contributed by atoms with Crippen LogP contribution in [0.1, 0.15) is 39.5 Å². The molecular formula is C13H26N2O2. The van der Waals surface area contributed by atoms with Gasteiger partial charge in [-0.05, 0) is 44.7 Å². The predicted molar refractivity (Wildman–Crippen MR) is 68.9 cm³/mol. The fraction of sp³-hybridized carbons (Fsp3) is 0.923. The Morgan fingerprint density at radius 1 is 1.35 bits per heavy atom. The maximum Gasteiger partial charge on any atom is 0.246 e. The highest BCUT2D eigenvalue weighted by atomic mass is 16.5. The van der Waals surface area contributed by atoms with Crippen molar-refractivity contribution in [2.24, 2.45) is 5.92 Å². The number of hydrogen-bond acceptors (Lipinski definition) is 3. The van der Waals surface area contributed by atoms with Gasteiger partial charge in [-0.3, -0.25) is 4.79 Å². The van der Waals surface area contributed by atoms with E-state index in [1.165, 1.54) is 0 Å². The van der Waals surface area contributed by atoms with Crippen LogP contribution in [-0.4, -0.2) is 38.3 Å². The summed E-state index contributed by atoms with van der Waals surface area (Å²) in [6, 6.07) is 0.296. The molecule has 4 nitrogen and oxygen atoms in total.